The summed E-state index contributed by atoms with van der Waals surface area (Å²) in [6.07, 6.45) is 6.66. The molecule has 2 fully saturated rings. The van der Waals surface area contributed by atoms with Gasteiger partial charge in [-0.25, -0.2) is 0 Å². The fourth-order valence-corrected chi connectivity index (χ4v) is 3.56. The SMILES string of the molecule is CC1CCCC(O)(C2(CO)CCOCC2)CC1. The minimum atomic E-state index is -0.670. The van der Waals surface area contributed by atoms with Crippen LogP contribution in [0.4, 0.5) is 0 Å². The summed E-state index contributed by atoms with van der Waals surface area (Å²) in [4.78, 5) is 0. The van der Waals surface area contributed by atoms with Crippen LogP contribution in [0.5, 0.6) is 0 Å². The van der Waals surface area contributed by atoms with Crippen LogP contribution in [0.15, 0.2) is 0 Å². The molecule has 1 aliphatic carbocycles. The molecule has 1 aliphatic heterocycles. The number of aliphatic hydroxyl groups is 2. The van der Waals surface area contributed by atoms with Crippen molar-refractivity contribution in [3.8, 4) is 0 Å². The Morgan fingerprint density at radius 2 is 1.82 bits per heavy atom. The number of hydrogen-bond donors (Lipinski definition) is 2. The standard InChI is InChI=1S/C14H26O3/c1-12-3-2-5-14(16,6-4-12)13(11-15)7-9-17-10-8-13/h12,15-16H,2-11H2,1H3. The van der Waals surface area contributed by atoms with E-state index in [0.29, 0.717) is 19.1 Å². The quantitative estimate of drug-likeness (QED) is 0.729. The van der Waals surface area contributed by atoms with E-state index in [1.165, 1.54) is 6.42 Å². The van der Waals surface area contributed by atoms with Crippen molar-refractivity contribution >= 4 is 0 Å². The Balaban J connectivity index is 2.15. The smallest absolute Gasteiger partial charge is 0.0727 e. The molecule has 1 saturated heterocycles. The van der Waals surface area contributed by atoms with Gasteiger partial charge in [-0.3, -0.25) is 0 Å². The first kappa shape index (κ1) is 13.3. The largest absolute Gasteiger partial charge is 0.396 e. The molecule has 0 aromatic rings. The van der Waals surface area contributed by atoms with Crippen LogP contribution in [0.1, 0.15) is 51.9 Å². The third kappa shape index (κ3) is 2.51. The molecule has 0 spiro atoms. The molecule has 2 aliphatic rings. The van der Waals surface area contributed by atoms with E-state index in [-0.39, 0.29) is 12.0 Å². The summed E-state index contributed by atoms with van der Waals surface area (Å²) in [5.74, 6) is 0.708. The van der Waals surface area contributed by atoms with Gasteiger partial charge in [-0.2, -0.15) is 0 Å². The van der Waals surface area contributed by atoms with Crippen molar-refractivity contribution in [2.45, 2.75) is 57.5 Å². The molecule has 2 atom stereocenters. The van der Waals surface area contributed by atoms with Crippen LogP contribution in [-0.4, -0.2) is 35.6 Å². The zero-order valence-electron chi connectivity index (χ0n) is 11.0. The van der Waals surface area contributed by atoms with Gasteiger partial charge in [-0.05, 0) is 38.0 Å². The van der Waals surface area contributed by atoms with Crippen molar-refractivity contribution in [1.29, 1.82) is 0 Å². The second kappa shape index (κ2) is 5.25. The average Bonchev–Trinajstić information content (AvgIpc) is 2.53. The molecule has 1 heterocycles. The molecular weight excluding hydrogens is 216 g/mol. The summed E-state index contributed by atoms with van der Waals surface area (Å²) in [5, 5.41) is 20.8. The molecule has 0 amide bonds. The van der Waals surface area contributed by atoms with Crippen LogP contribution >= 0.6 is 0 Å². The molecule has 100 valence electrons. The van der Waals surface area contributed by atoms with Crippen LogP contribution in [0.3, 0.4) is 0 Å². The minimum absolute atomic E-state index is 0.0985. The van der Waals surface area contributed by atoms with Crippen molar-refractivity contribution in [1.82, 2.24) is 0 Å². The highest BCUT2D eigenvalue weighted by Crippen LogP contribution is 2.48. The Bertz CT molecular complexity index is 248. The molecule has 0 radical (unpaired) electrons. The predicted octanol–water partition coefficient (Wildman–Crippen LogP) is 2.11. The molecule has 17 heavy (non-hydrogen) atoms. The molecule has 0 aromatic heterocycles. The lowest BCUT2D eigenvalue weighted by atomic mass is 9.64. The van der Waals surface area contributed by atoms with Gasteiger partial charge in [0.2, 0.25) is 0 Å². The van der Waals surface area contributed by atoms with Gasteiger partial charge in [-0.15, -0.1) is 0 Å². The molecule has 0 aromatic carbocycles. The minimum Gasteiger partial charge on any atom is -0.396 e. The summed E-state index contributed by atoms with van der Waals surface area (Å²) in [6.45, 7) is 3.72. The number of aliphatic hydroxyl groups excluding tert-OH is 1. The van der Waals surface area contributed by atoms with Crippen LogP contribution in [0.2, 0.25) is 0 Å². The zero-order chi connectivity index (χ0) is 12.4. The maximum absolute atomic E-state index is 11.0. The van der Waals surface area contributed by atoms with Gasteiger partial charge < -0.3 is 14.9 Å². The third-order valence-electron chi connectivity index (χ3n) is 5.08. The number of rotatable bonds is 2. The van der Waals surface area contributed by atoms with Crippen molar-refractivity contribution in [2.24, 2.45) is 11.3 Å². The summed E-state index contributed by atoms with van der Waals surface area (Å²) in [7, 11) is 0. The van der Waals surface area contributed by atoms with Crippen LogP contribution in [0.25, 0.3) is 0 Å². The van der Waals surface area contributed by atoms with Crippen LogP contribution in [0, 0.1) is 11.3 Å². The van der Waals surface area contributed by atoms with Gasteiger partial charge in [0, 0.05) is 18.6 Å². The first-order chi connectivity index (χ1) is 8.12. The molecular formula is C14H26O3. The molecule has 1 saturated carbocycles. The van der Waals surface area contributed by atoms with E-state index in [1.807, 2.05) is 0 Å². The molecule has 0 bridgehead atoms. The molecule has 2 unspecified atom stereocenters. The Kier molecular flexibility index (Phi) is 4.11. The second-order valence-corrected chi connectivity index (χ2v) is 6.12. The highest BCUT2D eigenvalue weighted by molar-refractivity contribution is 5.00. The van der Waals surface area contributed by atoms with Gasteiger partial charge in [-0.1, -0.05) is 19.8 Å². The van der Waals surface area contributed by atoms with Crippen molar-refractivity contribution in [3.63, 3.8) is 0 Å². The number of ether oxygens (including phenoxy) is 1. The Labute approximate surface area is 104 Å². The summed E-state index contributed by atoms with van der Waals surface area (Å²) in [6, 6.07) is 0. The summed E-state index contributed by atoms with van der Waals surface area (Å²) >= 11 is 0. The van der Waals surface area contributed by atoms with Crippen LogP contribution in [-0.2, 0) is 4.74 Å². The highest BCUT2D eigenvalue weighted by Gasteiger charge is 2.50. The van der Waals surface area contributed by atoms with Crippen molar-refractivity contribution in [2.75, 3.05) is 19.8 Å². The summed E-state index contributed by atoms with van der Waals surface area (Å²) in [5.41, 5.74) is -0.981. The zero-order valence-corrected chi connectivity index (χ0v) is 11.0. The molecule has 3 heteroatoms. The maximum Gasteiger partial charge on any atom is 0.0727 e. The van der Waals surface area contributed by atoms with Crippen LogP contribution < -0.4 is 0 Å². The number of hydrogen-bond acceptors (Lipinski definition) is 3. The summed E-state index contributed by atoms with van der Waals surface area (Å²) < 4.78 is 5.39. The van der Waals surface area contributed by atoms with Gasteiger partial charge in [0.1, 0.15) is 0 Å². The maximum atomic E-state index is 11.0. The first-order valence-electron chi connectivity index (χ1n) is 7.03. The lowest BCUT2D eigenvalue weighted by Gasteiger charge is -2.48. The Morgan fingerprint density at radius 1 is 1.12 bits per heavy atom. The molecule has 3 nitrogen and oxygen atoms in total. The van der Waals surface area contributed by atoms with E-state index in [4.69, 9.17) is 4.74 Å². The van der Waals surface area contributed by atoms with E-state index < -0.39 is 5.60 Å². The Hall–Kier alpha value is -0.120. The lowest BCUT2D eigenvalue weighted by Crippen LogP contribution is -2.53. The normalized spacial score (nSPS) is 38.6. The van der Waals surface area contributed by atoms with E-state index >= 15 is 0 Å². The third-order valence-corrected chi connectivity index (χ3v) is 5.08. The monoisotopic (exact) mass is 242 g/mol. The van der Waals surface area contributed by atoms with Gasteiger partial charge >= 0.3 is 0 Å². The topological polar surface area (TPSA) is 49.7 Å². The predicted molar refractivity (Wildman–Crippen MR) is 66.8 cm³/mol. The Morgan fingerprint density at radius 3 is 2.47 bits per heavy atom. The van der Waals surface area contributed by atoms with E-state index in [1.54, 1.807) is 0 Å². The van der Waals surface area contributed by atoms with E-state index in [2.05, 4.69) is 6.92 Å². The average molecular weight is 242 g/mol. The highest BCUT2D eigenvalue weighted by atomic mass is 16.5. The fraction of sp³-hybridized carbons (Fsp3) is 1.00. The van der Waals surface area contributed by atoms with Crippen molar-refractivity contribution in [3.05, 3.63) is 0 Å². The van der Waals surface area contributed by atoms with E-state index in [9.17, 15) is 10.2 Å². The van der Waals surface area contributed by atoms with Gasteiger partial charge in [0.15, 0.2) is 0 Å². The van der Waals surface area contributed by atoms with Gasteiger partial charge in [0.25, 0.3) is 0 Å². The first-order valence-corrected chi connectivity index (χ1v) is 7.03. The van der Waals surface area contributed by atoms with E-state index in [0.717, 1.165) is 38.5 Å². The fourth-order valence-electron chi connectivity index (χ4n) is 3.56. The van der Waals surface area contributed by atoms with Gasteiger partial charge in [0.05, 0.1) is 12.2 Å². The lowest BCUT2D eigenvalue weighted by molar-refractivity contribution is -0.160. The molecule has 2 rings (SSSR count). The second-order valence-electron chi connectivity index (χ2n) is 6.12. The molecule has 2 N–H and O–H groups in total. The van der Waals surface area contributed by atoms with Crippen molar-refractivity contribution < 1.29 is 14.9 Å².